The van der Waals surface area contributed by atoms with Crippen molar-refractivity contribution in [3.05, 3.63) is 41.2 Å². The molecule has 0 bridgehead atoms. The lowest BCUT2D eigenvalue weighted by Gasteiger charge is -2.37. The van der Waals surface area contributed by atoms with Crippen molar-refractivity contribution < 1.29 is 19.1 Å². The number of carbonyl (C=O) groups excluding carboxylic acids is 3. The van der Waals surface area contributed by atoms with E-state index < -0.39 is 6.09 Å². The Balaban J connectivity index is 1.49. The van der Waals surface area contributed by atoms with Gasteiger partial charge in [0.05, 0.1) is 24.2 Å². The third-order valence-electron chi connectivity index (χ3n) is 7.07. The molecule has 11 nitrogen and oxygen atoms in total. The monoisotopic (exact) mass is 525 g/mol. The van der Waals surface area contributed by atoms with Crippen molar-refractivity contribution in [3.63, 3.8) is 0 Å². The van der Waals surface area contributed by atoms with E-state index in [1.54, 1.807) is 23.9 Å². The van der Waals surface area contributed by atoms with Gasteiger partial charge < -0.3 is 24.8 Å². The second-order valence-corrected chi connectivity index (χ2v) is 10.8. The number of hydrogen-bond donors (Lipinski definition) is 2. The second kappa shape index (κ2) is 11.4. The van der Waals surface area contributed by atoms with Crippen LogP contribution in [0.15, 0.2) is 24.3 Å². The summed E-state index contributed by atoms with van der Waals surface area (Å²) in [4.78, 5) is 44.4. The van der Waals surface area contributed by atoms with Gasteiger partial charge in [-0.05, 0) is 37.2 Å². The van der Waals surface area contributed by atoms with Crippen LogP contribution in [0.5, 0.6) is 0 Å². The van der Waals surface area contributed by atoms with E-state index in [2.05, 4.69) is 41.4 Å². The number of amides is 3. The summed E-state index contributed by atoms with van der Waals surface area (Å²) in [5.41, 5.74) is 3.12. The number of hydrogen-bond acceptors (Lipinski definition) is 7. The van der Waals surface area contributed by atoms with Crippen LogP contribution in [-0.2, 0) is 17.2 Å². The van der Waals surface area contributed by atoms with Crippen LogP contribution >= 0.6 is 0 Å². The number of carbonyl (C=O) groups is 3. The molecule has 0 saturated carbocycles. The first kappa shape index (κ1) is 27.4. The molecule has 0 spiro atoms. The zero-order valence-electron chi connectivity index (χ0n) is 23.0. The Morgan fingerprint density at radius 2 is 1.66 bits per heavy atom. The number of aromatic nitrogens is 2. The average molecular weight is 526 g/mol. The number of piperazine rings is 1. The third-order valence-corrected chi connectivity index (χ3v) is 7.07. The molecule has 0 aliphatic carbocycles. The Bertz CT molecular complexity index is 1170. The molecule has 38 heavy (non-hydrogen) atoms. The van der Waals surface area contributed by atoms with Gasteiger partial charge in [0, 0.05) is 63.8 Å². The van der Waals surface area contributed by atoms with Gasteiger partial charge in [-0.15, -0.1) is 0 Å². The van der Waals surface area contributed by atoms with Crippen LogP contribution in [-0.4, -0.2) is 97.0 Å². The summed E-state index contributed by atoms with van der Waals surface area (Å²) in [6.07, 6.45) is 0.297. The molecule has 2 aliphatic rings. The minimum atomic E-state index is -0.602. The largest absolute Gasteiger partial charge is 0.453 e. The Morgan fingerprint density at radius 3 is 2.32 bits per heavy atom. The zero-order chi connectivity index (χ0) is 27.4. The summed E-state index contributed by atoms with van der Waals surface area (Å²) in [6, 6.07) is 7.26. The predicted molar refractivity (Wildman–Crippen MR) is 146 cm³/mol. The molecule has 2 fully saturated rings. The highest BCUT2D eigenvalue weighted by molar-refractivity contribution is 5.99. The summed E-state index contributed by atoms with van der Waals surface area (Å²) in [5, 5.41) is 10.6. The first-order chi connectivity index (χ1) is 18.1. The quantitative estimate of drug-likeness (QED) is 0.630. The minimum Gasteiger partial charge on any atom is -0.453 e. The van der Waals surface area contributed by atoms with E-state index >= 15 is 0 Å². The highest BCUT2D eigenvalue weighted by Gasteiger charge is 2.28. The molecule has 2 N–H and O–H groups in total. The average Bonchev–Trinajstić information content (AvgIpc) is 3.11. The van der Waals surface area contributed by atoms with Crippen LogP contribution in [0, 0.1) is 0 Å². The van der Waals surface area contributed by atoms with E-state index in [1.807, 2.05) is 21.9 Å². The maximum absolute atomic E-state index is 13.3. The maximum atomic E-state index is 13.3. The molecule has 2 aliphatic heterocycles. The number of rotatable bonds is 4. The van der Waals surface area contributed by atoms with Crippen molar-refractivity contribution in [1.82, 2.24) is 24.9 Å². The first-order valence-electron chi connectivity index (χ1n) is 13.2. The SMILES string of the molecule is COC(=O)Nc1cc(C(=O)N2CCCNCC2)ccc1N1CCN(C(=O)c2cc(C(C)(C)C)nn2C)CC1. The lowest BCUT2D eigenvalue weighted by atomic mass is 9.92. The van der Waals surface area contributed by atoms with Crippen molar-refractivity contribution in [1.29, 1.82) is 0 Å². The van der Waals surface area contributed by atoms with Gasteiger partial charge in [-0.25, -0.2) is 4.79 Å². The summed E-state index contributed by atoms with van der Waals surface area (Å²) in [5.74, 6) is -0.106. The molecular formula is C27H39N7O4. The summed E-state index contributed by atoms with van der Waals surface area (Å²) < 4.78 is 6.49. The molecule has 4 rings (SSSR count). The molecule has 3 amide bonds. The molecule has 1 aromatic heterocycles. The molecule has 206 valence electrons. The lowest BCUT2D eigenvalue weighted by Crippen LogP contribution is -2.49. The number of nitrogens with zero attached hydrogens (tertiary/aromatic N) is 5. The van der Waals surface area contributed by atoms with Gasteiger partial charge in [-0.1, -0.05) is 20.8 Å². The van der Waals surface area contributed by atoms with E-state index in [9.17, 15) is 14.4 Å². The minimum absolute atomic E-state index is 0.0454. The van der Waals surface area contributed by atoms with Crippen molar-refractivity contribution in [3.8, 4) is 0 Å². The van der Waals surface area contributed by atoms with Crippen molar-refractivity contribution in [2.24, 2.45) is 7.05 Å². The Hall–Kier alpha value is -3.60. The van der Waals surface area contributed by atoms with E-state index in [4.69, 9.17) is 4.74 Å². The van der Waals surface area contributed by atoms with Crippen molar-refractivity contribution in [2.75, 3.05) is 69.7 Å². The van der Waals surface area contributed by atoms with E-state index in [-0.39, 0.29) is 17.2 Å². The summed E-state index contributed by atoms with van der Waals surface area (Å²) in [7, 11) is 3.11. The molecule has 0 radical (unpaired) electrons. The van der Waals surface area contributed by atoms with Crippen LogP contribution in [0.2, 0.25) is 0 Å². The molecule has 3 heterocycles. The van der Waals surface area contributed by atoms with E-state index in [0.717, 1.165) is 30.9 Å². The molecular weight excluding hydrogens is 486 g/mol. The molecule has 0 unspecified atom stereocenters. The zero-order valence-corrected chi connectivity index (χ0v) is 23.0. The van der Waals surface area contributed by atoms with E-state index in [1.165, 1.54) is 7.11 Å². The van der Waals surface area contributed by atoms with Crippen LogP contribution in [0.1, 0.15) is 53.7 Å². The molecule has 0 atom stereocenters. The van der Waals surface area contributed by atoms with Crippen LogP contribution in [0.4, 0.5) is 16.2 Å². The third kappa shape index (κ3) is 6.09. The smallest absolute Gasteiger partial charge is 0.411 e. The Kier molecular flexibility index (Phi) is 8.25. The van der Waals surface area contributed by atoms with Crippen LogP contribution < -0.4 is 15.5 Å². The number of benzene rings is 1. The van der Waals surface area contributed by atoms with Crippen molar-refractivity contribution >= 4 is 29.3 Å². The standard InChI is InChI=1S/C27H39N7O4/c1-27(2,3)23-18-22(31(4)30-23)25(36)34-15-13-32(14-16-34)21-8-7-19(17-20(21)29-26(37)38-5)24(35)33-11-6-9-28-10-12-33/h7-8,17-18,28H,6,9-16H2,1-5H3,(H,29,37). The number of methoxy groups -OCH3 is 1. The summed E-state index contributed by atoms with van der Waals surface area (Å²) in [6.45, 7) is 11.4. The van der Waals surface area contributed by atoms with Crippen LogP contribution in [0.3, 0.4) is 0 Å². The number of ether oxygens (including phenoxy) is 1. The highest BCUT2D eigenvalue weighted by atomic mass is 16.5. The maximum Gasteiger partial charge on any atom is 0.411 e. The fourth-order valence-corrected chi connectivity index (χ4v) is 4.78. The predicted octanol–water partition coefficient (Wildman–Crippen LogP) is 2.29. The Morgan fingerprint density at radius 1 is 0.947 bits per heavy atom. The number of aryl methyl sites for hydroxylation is 1. The van der Waals surface area contributed by atoms with E-state index in [0.29, 0.717) is 56.2 Å². The molecule has 1 aromatic carbocycles. The fraction of sp³-hybridized carbons (Fsp3) is 0.556. The lowest BCUT2D eigenvalue weighted by molar-refractivity contribution is 0.0733. The number of nitrogens with one attached hydrogen (secondary N) is 2. The van der Waals surface area contributed by atoms with Gasteiger partial charge in [0.2, 0.25) is 0 Å². The molecule has 11 heteroatoms. The van der Waals surface area contributed by atoms with Gasteiger partial charge in [-0.2, -0.15) is 5.10 Å². The first-order valence-corrected chi connectivity index (χ1v) is 13.2. The second-order valence-electron chi connectivity index (χ2n) is 10.8. The van der Waals surface area contributed by atoms with Gasteiger partial charge in [0.25, 0.3) is 11.8 Å². The fourth-order valence-electron chi connectivity index (χ4n) is 4.78. The van der Waals surface area contributed by atoms with Gasteiger partial charge >= 0.3 is 6.09 Å². The topological polar surface area (TPSA) is 112 Å². The van der Waals surface area contributed by atoms with Gasteiger partial charge in [0.15, 0.2) is 0 Å². The van der Waals surface area contributed by atoms with Gasteiger partial charge in [-0.3, -0.25) is 19.6 Å². The summed E-state index contributed by atoms with van der Waals surface area (Å²) >= 11 is 0. The van der Waals surface area contributed by atoms with Crippen LogP contribution in [0.25, 0.3) is 0 Å². The molecule has 2 aromatic rings. The Labute approximate surface area is 224 Å². The number of anilines is 2. The highest BCUT2D eigenvalue weighted by Crippen LogP contribution is 2.30. The van der Waals surface area contributed by atoms with Gasteiger partial charge in [0.1, 0.15) is 5.69 Å². The molecule has 2 saturated heterocycles. The van der Waals surface area contributed by atoms with Crippen molar-refractivity contribution in [2.45, 2.75) is 32.6 Å². The normalized spacial score (nSPS) is 16.7.